The first-order valence-electron chi connectivity index (χ1n) is 11.0. The highest BCUT2D eigenvalue weighted by molar-refractivity contribution is 7.99. The van der Waals surface area contributed by atoms with Crippen LogP contribution in [0.3, 0.4) is 0 Å². The number of rotatable bonds is 9. The van der Waals surface area contributed by atoms with Gasteiger partial charge in [-0.2, -0.15) is 0 Å². The van der Waals surface area contributed by atoms with Crippen molar-refractivity contribution in [2.45, 2.75) is 17.9 Å². The minimum Gasteiger partial charge on any atom is -0.506 e. The molecule has 3 aromatic carbocycles. The van der Waals surface area contributed by atoms with Crippen LogP contribution < -0.4 is 10.4 Å². The molecular weight excluding hydrogens is 464 g/mol. The summed E-state index contributed by atoms with van der Waals surface area (Å²) in [5.41, 5.74) is 2.42. The normalized spacial score (nSPS) is 10.7. The van der Waals surface area contributed by atoms with Gasteiger partial charge in [0, 0.05) is 11.8 Å². The lowest BCUT2D eigenvalue weighted by Gasteiger charge is -2.12. The van der Waals surface area contributed by atoms with E-state index in [1.165, 1.54) is 24.9 Å². The third kappa shape index (κ3) is 6.13. The maximum absolute atomic E-state index is 12.7. The fraction of sp³-hybridized carbons (Fsp3) is 0.143. The molecule has 0 aliphatic heterocycles. The van der Waals surface area contributed by atoms with Gasteiger partial charge in [0.25, 0.3) is 0 Å². The first-order chi connectivity index (χ1) is 17.0. The summed E-state index contributed by atoms with van der Waals surface area (Å²) in [6.45, 7) is 0.238. The summed E-state index contributed by atoms with van der Waals surface area (Å²) < 4.78 is 16.2. The fourth-order valence-corrected chi connectivity index (χ4v) is 4.37. The molecular formula is C28H24O6S. The summed E-state index contributed by atoms with van der Waals surface area (Å²) in [5, 5.41) is 10.6. The van der Waals surface area contributed by atoms with Crippen molar-refractivity contribution in [3.63, 3.8) is 0 Å². The van der Waals surface area contributed by atoms with Crippen molar-refractivity contribution in [2.75, 3.05) is 12.9 Å². The van der Waals surface area contributed by atoms with Gasteiger partial charge in [-0.1, -0.05) is 54.6 Å². The number of aromatic hydroxyl groups is 1. The second kappa shape index (κ2) is 11.4. The topological polar surface area (TPSA) is 86.0 Å². The van der Waals surface area contributed by atoms with Crippen LogP contribution >= 0.6 is 11.8 Å². The van der Waals surface area contributed by atoms with E-state index in [1.807, 2.05) is 36.4 Å². The van der Waals surface area contributed by atoms with Crippen LogP contribution in [0, 0.1) is 0 Å². The molecule has 0 spiro atoms. The van der Waals surface area contributed by atoms with E-state index < -0.39 is 11.6 Å². The van der Waals surface area contributed by atoms with Gasteiger partial charge in [0.1, 0.15) is 28.8 Å². The molecule has 0 fully saturated rings. The van der Waals surface area contributed by atoms with Crippen LogP contribution in [-0.4, -0.2) is 23.9 Å². The van der Waals surface area contributed by atoms with E-state index in [4.69, 9.17) is 13.9 Å². The smallest absolute Gasteiger partial charge is 0.353 e. The molecule has 0 unspecified atom stereocenters. The predicted molar refractivity (Wildman–Crippen MR) is 135 cm³/mol. The van der Waals surface area contributed by atoms with E-state index >= 15 is 0 Å². The number of esters is 1. The van der Waals surface area contributed by atoms with E-state index in [9.17, 15) is 14.7 Å². The van der Waals surface area contributed by atoms with Crippen molar-refractivity contribution < 1.29 is 23.8 Å². The molecule has 4 rings (SSSR count). The summed E-state index contributed by atoms with van der Waals surface area (Å²) in [5.74, 6) is 0.825. The molecule has 1 aromatic heterocycles. The fourth-order valence-electron chi connectivity index (χ4n) is 3.46. The average molecular weight is 489 g/mol. The molecule has 0 aliphatic rings. The highest BCUT2D eigenvalue weighted by Crippen LogP contribution is 2.34. The third-order valence-electron chi connectivity index (χ3n) is 5.29. The van der Waals surface area contributed by atoms with E-state index in [-0.39, 0.29) is 23.0 Å². The van der Waals surface area contributed by atoms with Gasteiger partial charge in [0.2, 0.25) is 0 Å². The van der Waals surface area contributed by atoms with Crippen molar-refractivity contribution in [1.82, 2.24) is 0 Å². The minimum absolute atomic E-state index is 0.123. The lowest BCUT2D eigenvalue weighted by atomic mass is 10.1. The minimum atomic E-state index is -0.591. The first kappa shape index (κ1) is 24.2. The van der Waals surface area contributed by atoms with Crippen LogP contribution in [0.25, 0.3) is 11.3 Å². The Balaban J connectivity index is 1.47. The van der Waals surface area contributed by atoms with E-state index in [1.54, 1.807) is 42.5 Å². The summed E-state index contributed by atoms with van der Waals surface area (Å²) in [7, 11) is 1.34. The van der Waals surface area contributed by atoms with Gasteiger partial charge in [0.05, 0.1) is 18.2 Å². The standard InChI is InChI=1S/C28H24O6S/c1-32-27(30)21-13-11-20(12-14-21)18-33-24-10-6-5-9-22(24)25-17-23(29)26(28(31)34-25)35-16-15-19-7-3-2-4-8-19/h2-14,17,29H,15-16,18H2,1H3. The monoisotopic (exact) mass is 488 g/mol. The molecule has 0 saturated heterocycles. The Morgan fingerprint density at radius 2 is 1.66 bits per heavy atom. The van der Waals surface area contributed by atoms with E-state index in [0.29, 0.717) is 22.6 Å². The van der Waals surface area contributed by atoms with Crippen molar-refractivity contribution in [3.8, 4) is 22.8 Å². The zero-order valence-electron chi connectivity index (χ0n) is 19.1. The predicted octanol–water partition coefficient (Wildman–Crippen LogP) is 5.71. The number of aryl methyl sites for hydroxylation is 1. The number of methoxy groups -OCH3 is 1. The molecule has 0 radical (unpaired) electrons. The highest BCUT2D eigenvalue weighted by atomic mass is 32.2. The summed E-state index contributed by atoms with van der Waals surface area (Å²) >= 11 is 1.27. The molecule has 0 atom stereocenters. The summed E-state index contributed by atoms with van der Waals surface area (Å²) in [6.07, 6.45) is 0.767. The Morgan fingerprint density at radius 3 is 2.37 bits per heavy atom. The van der Waals surface area contributed by atoms with Gasteiger partial charge in [-0.05, 0) is 41.8 Å². The quantitative estimate of drug-likeness (QED) is 0.238. The van der Waals surface area contributed by atoms with Crippen molar-refractivity contribution in [1.29, 1.82) is 0 Å². The Kier molecular flexibility index (Phi) is 7.90. The molecule has 1 heterocycles. The molecule has 4 aromatic rings. The van der Waals surface area contributed by atoms with Crippen molar-refractivity contribution in [3.05, 3.63) is 112 Å². The third-order valence-corrected chi connectivity index (χ3v) is 6.36. The van der Waals surface area contributed by atoms with Crippen LogP contribution in [-0.2, 0) is 17.8 Å². The molecule has 7 heteroatoms. The number of para-hydroxylation sites is 1. The average Bonchev–Trinajstić information content (AvgIpc) is 2.89. The summed E-state index contributed by atoms with van der Waals surface area (Å²) in [6, 6.07) is 25.4. The van der Waals surface area contributed by atoms with Crippen molar-refractivity contribution >= 4 is 17.7 Å². The molecule has 0 bridgehead atoms. The van der Waals surface area contributed by atoms with Crippen molar-refractivity contribution in [2.24, 2.45) is 0 Å². The molecule has 6 nitrogen and oxygen atoms in total. The second-order valence-corrected chi connectivity index (χ2v) is 8.78. The zero-order chi connectivity index (χ0) is 24.6. The molecule has 35 heavy (non-hydrogen) atoms. The lowest BCUT2D eigenvalue weighted by Crippen LogP contribution is -2.05. The van der Waals surface area contributed by atoms with E-state index in [2.05, 4.69) is 0 Å². The van der Waals surface area contributed by atoms with Gasteiger partial charge in [-0.3, -0.25) is 0 Å². The van der Waals surface area contributed by atoms with Crippen LogP contribution in [0.1, 0.15) is 21.5 Å². The molecule has 178 valence electrons. The SMILES string of the molecule is COC(=O)c1ccc(COc2ccccc2-c2cc(O)c(SCCc3ccccc3)c(=O)o2)cc1. The number of carbonyl (C=O) groups excluding carboxylic acids is 1. The molecule has 0 saturated carbocycles. The van der Waals surface area contributed by atoms with Gasteiger partial charge >= 0.3 is 11.6 Å². The van der Waals surface area contributed by atoms with Crippen LogP contribution in [0.4, 0.5) is 0 Å². The van der Waals surface area contributed by atoms with Crippen LogP contribution in [0.5, 0.6) is 11.5 Å². The maximum atomic E-state index is 12.7. The number of hydrogen-bond acceptors (Lipinski definition) is 7. The Morgan fingerprint density at radius 1 is 0.943 bits per heavy atom. The maximum Gasteiger partial charge on any atom is 0.353 e. The summed E-state index contributed by atoms with van der Waals surface area (Å²) in [4.78, 5) is 24.4. The van der Waals surface area contributed by atoms with Gasteiger partial charge < -0.3 is 19.0 Å². The zero-order valence-corrected chi connectivity index (χ0v) is 19.9. The second-order valence-electron chi connectivity index (χ2n) is 7.67. The van der Waals surface area contributed by atoms with E-state index in [0.717, 1.165) is 17.5 Å². The first-order valence-corrected chi connectivity index (χ1v) is 12.0. The van der Waals surface area contributed by atoms with Crippen LogP contribution in [0.2, 0.25) is 0 Å². The van der Waals surface area contributed by atoms with Gasteiger partial charge in [-0.25, -0.2) is 9.59 Å². The molecule has 0 amide bonds. The van der Waals surface area contributed by atoms with Crippen LogP contribution in [0.15, 0.2) is 99.0 Å². The number of ether oxygens (including phenoxy) is 2. The Labute approximate surface area is 207 Å². The number of benzene rings is 3. The Hall–Kier alpha value is -3.97. The number of hydrogen-bond donors (Lipinski definition) is 1. The Bertz CT molecular complexity index is 1350. The van der Waals surface area contributed by atoms with Gasteiger partial charge in [0.15, 0.2) is 0 Å². The van der Waals surface area contributed by atoms with Gasteiger partial charge in [-0.15, -0.1) is 11.8 Å². The highest BCUT2D eigenvalue weighted by Gasteiger charge is 2.16. The number of carbonyl (C=O) groups is 1. The largest absolute Gasteiger partial charge is 0.506 e. The molecule has 1 N–H and O–H groups in total. The number of thioether (sulfide) groups is 1. The lowest BCUT2D eigenvalue weighted by molar-refractivity contribution is 0.0600. The molecule has 0 aliphatic carbocycles.